The normalized spacial score (nSPS) is 12.2. The highest BCUT2D eigenvalue weighted by atomic mass is 14.2. The van der Waals surface area contributed by atoms with E-state index in [4.69, 9.17) is 0 Å². The second-order valence-corrected chi connectivity index (χ2v) is 6.35. The van der Waals surface area contributed by atoms with Crippen LogP contribution < -0.4 is 0 Å². The van der Waals surface area contributed by atoms with Gasteiger partial charge < -0.3 is 0 Å². The van der Waals surface area contributed by atoms with Crippen LogP contribution >= 0.6 is 0 Å². The monoisotopic (exact) mass is 313 g/mol. The summed E-state index contributed by atoms with van der Waals surface area (Å²) < 4.78 is 0. The fraction of sp³-hybridized carbons (Fsp3) is 0.208. The molecule has 0 heteroatoms. The smallest absolute Gasteiger partial charge is 0.00895 e. The van der Waals surface area contributed by atoms with E-state index in [1.807, 2.05) is 0 Å². The molecule has 0 saturated carbocycles. The van der Waals surface area contributed by atoms with Crippen molar-refractivity contribution in [3.05, 3.63) is 115 Å². The van der Waals surface area contributed by atoms with Gasteiger partial charge >= 0.3 is 0 Å². The molecule has 0 fully saturated rings. The van der Waals surface area contributed by atoms with Crippen LogP contribution in [0.1, 0.15) is 47.8 Å². The Bertz CT molecular complexity index is 661. The lowest BCUT2D eigenvalue weighted by Crippen LogP contribution is -2.05. The zero-order chi connectivity index (χ0) is 16.6. The van der Waals surface area contributed by atoms with Gasteiger partial charge in [-0.2, -0.15) is 0 Å². The van der Waals surface area contributed by atoms with Crippen molar-refractivity contribution in [1.29, 1.82) is 0 Å². The van der Waals surface area contributed by atoms with Crippen molar-refractivity contribution in [2.24, 2.45) is 0 Å². The lowest BCUT2D eigenvalue weighted by Gasteiger charge is -2.22. The summed E-state index contributed by atoms with van der Waals surface area (Å²) in [5, 5.41) is 0. The molecule has 24 heavy (non-hydrogen) atoms. The van der Waals surface area contributed by atoms with Crippen molar-refractivity contribution in [1.82, 2.24) is 0 Å². The Morgan fingerprint density at radius 1 is 0.542 bits per heavy atom. The molecule has 0 spiro atoms. The zero-order valence-corrected chi connectivity index (χ0v) is 14.1. The van der Waals surface area contributed by atoms with E-state index < -0.39 is 0 Å². The topological polar surface area (TPSA) is 0 Å². The molecular formula is C24H25. The van der Waals surface area contributed by atoms with E-state index >= 15 is 0 Å². The molecule has 1 unspecified atom stereocenters. The van der Waals surface area contributed by atoms with Gasteiger partial charge in [0, 0.05) is 5.92 Å². The van der Waals surface area contributed by atoms with Gasteiger partial charge in [0.25, 0.3) is 0 Å². The van der Waals surface area contributed by atoms with Crippen LogP contribution in [0.2, 0.25) is 0 Å². The molecule has 0 aromatic heterocycles. The first kappa shape index (κ1) is 16.5. The van der Waals surface area contributed by atoms with Crippen molar-refractivity contribution < 1.29 is 0 Å². The summed E-state index contributed by atoms with van der Waals surface area (Å²) in [6.45, 7) is 4.19. The second-order valence-electron chi connectivity index (χ2n) is 6.35. The predicted octanol–water partition coefficient (Wildman–Crippen LogP) is 6.61. The number of hydrogen-bond donors (Lipinski definition) is 0. The summed E-state index contributed by atoms with van der Waals surface area (Å²) in [7, 11) is 0. The molecule has 0 heterocycles. The van der Waals surface area contributed by atoms with Gasteiger partial charge in [-0.05, 0) is 41.9 Å². The second kappa shape index (κ2) is 8.49. The van der Waals surface area contributed by atoms with Gasteiger partial charge in [-0.25, -0.2) is 0 Å². The summed E-state index contributed by atoms with van der Waals surface area (Å²) in [5.41, 5.74) is 4.21. The standard InChI is InChI=1S/C24H25/c1-2-20(21-12-6-3-7-13-21)18-19-24(22-14-8-4-9-15-22)23-16-10-5-11-17-23/h3-17,20,24H,1-2,18-19H2. The molecule has 1 atom stereocenters. The Morgan fingerprint density at radius 3 is 1.38 bits per heavy atom. The Labute approximate surface area is 146 Å². The highest BCUT2D eigenvalue weighted by molar-refractivity contribution is 5.32. The molecular weight excluding hydrogens is 288 g/mol. The summed E-state index contributed by atoms with van der Waals surface area (Å²) in [4.78, 5) is 0. The molecule has 3 aromatic rings. The first-order valence-electron chi connectivity index (χ1n) is 8.82. The Balaban J connectivity index is 1.80. The summed E-state index contributed by atoms with van der Waals surface area (Å²) in [5.74, 6) is 0.978. The molecule has 0 N–H and O–H groups in total. The van der Waals surface area contributed by atoms with Crippen molar-refractivity contribution in [3.63, 3.8) is 0 Å². The lowest BCUT2D eigenvalue weighted by atomic mass is 9.83. The molecule has 1 radical (unpaired) electrons. The average molecular weight is 313 g/mol. The van der Waals surface area contributed by atoms with Gasteiger partial charge in [-0.15, -0.1) is 0 Å². The predicted molar refractivity (Wildman–Crippen MR) is 103 cm³/mol. The van der Waals surface area contributed by atoms with Crippen molar-refractivity contribution in [2.75, 3.05) is 0 Å². The molecule has 3 rings (SSSR count). The molecule has 0 aliphatic rings. The summed E-state index contributed by atoms with van der Waals surface area (Å²) >= 11 is 0. The van der Waals surface area contributed by atoms with Crippen LogP contribution in [-0.4, -0.2) is 0 Å². The molecule has 0 aliphatic carbocycles. The van der Waals surface area contributed by atoms with Gasteiger partial charge in [-0.3, -0.25) is 0 Å². The van der Waals surface area contributed by atoms with E-state index in [1.165, 1.54) is 16.7 Å². The van der Waals surface area contributed by atoms with Gasteiger partial charge in [-0.1, -0.05) is 97.9 Å². The molecule has 0 amide bonds. The first-order chi connectivity index (χ1) is 11.9. The van der Waals surface area contributed by atoms with Crippen LogP contribution in [0.4, 0.5) is 0 Å². The van der Waals surface area contributed by atoms with Gasteiger partial charge in [0.05, 0.1) is 0 Å². The summed E-state index contributed by atoms with van der Waals surface area (Å²) in [6, 6.07) is 32.5. The molecule has 0 nitrogen and oxygen atoms in total. The van der Waals surface area contributed by atoms with E-state index in [2.05, 4.69) is 97.9 Å². The van der Waals surface area contributed by atoms with Crippen molar-refractivity contribution in [3.8, 4) is 0 Å². The van der Waals surface area contributed by atoms with Crippen LogP contribution in [0.15, 0.2) is 91.0 Å². The number of benzene rings is 3. The SMILES string of the molecule is [CH2]CC(CCC(c1ccccc1)c1ccccc1)c1ccccc1. The van der Waals surface area contributed by atoms with E-state index in [-0.39, 0.29) is 0 Å². The van der Waals surface area contributed by atoms with E-state index in [0.717, 1.165) is 19.3 Å². The Kier molecular flexibility index (Phi) is 5.85. The number of hydrogen-bond acceptors (Lipinski definition) is 0. The number of rotatable bonds is 7. The fourth-order valence-electron chi connectivity index (χ4n) is 3.47. The largest absolute Gasteiger partial charge is 0.0622 e. The van der Waals surface area contributed by atoms with E-state index in [1.54, 1.807) is 0 Å². The molecule has 0 saturated heterocycles. The van der Waals surface area contributed by atoms with E-state index in [9.17, 15) is 0 Å². The Morgan fingerprint density at radius 2 is 0.958 bits per heavy atom. The van der Waals surface area contributed by atoms with Gasteiger partial charge in [0.15, 0.2) is 0 Å². The third kappa shape index (κ3) is 4.14. The maximum atomic E-state index is 4.19. The van der Waals surface area contributed by atoms with Crippen LogP contribution in [-0.2, 0) is 0 Å². The van der Waals surface area contributed by atoms with Crippen LogP contribution in [0.3, 0.4) is 0 Å². The highest BCUT2D eigenvalue weighted by Crippen LogP contribution is 2.34. The highest BCUT2D eigenvalue weighted by Gasteiger charge is 2.17. The lowest BCUT2D eigenvalue weighted by molar-refractivity contribution is 0.563. The van der Waals surface area contributed by atoms with Crippen LogP contribution in [0, 0.1) is 6.92 Å². The van der Waals surface area contributed by atoms with Crippen LogP contribution in [0.5, 0.6) is 0 Å². The summed E-state index contributed by atoms with van der Waals surface area (Å²) in [6.07, 6.45) is 3.24. The van der Waals surface area contributed by atoms with E-state index in [0.29, 0.717) is 11.8 Å². The van der Waals surface area contributed by atoms with Crippen LogP contribution in [0.25, 0.3) is 0 Å². The third-order valence-electron chi connectivity index (χ3n) is 4.83. The molecule has 121 valence electrons. The fourth-order valence-corrected chi connectivity index (χ4v) is 3.47. The Hall–Kier alpha value is -2.34. The third-order valence-corrected chi connectivity index (χ3v) is 4.83. The zero-order valence-electron chi connectivity index (χ0n) is 14.1. The van der Waals surface area contributed by atoms with Gasteiger partial charge in [0.2, 0.25) is 0 Å². The van der Waals surface area contributed by atoms with Crippen molar-refractivity contribution in [2.45, 2.75) is 31.1 Å². The minimum Gasteiger partial charge on any atom is -0.0622 e. The average Bonchev–Trinajstić information content (AvgIpc) is 2.67. The maximum Gasteiger partial charge on any atom is 0.00895 e. The maximum absolute atomic E-state index is 4.19. The molecule has 3 aromatic carbocycles. The minimum absolute atomic E-state index is 0.449. The van der Waals surface area contributed by atoms with Gasteiger partial charge in [0.1, 0.15) is 0 Å². The molecule has 0 aliphatic heterocycles. The molecule has 0 bridgehead atoms. The van der Waals surface area contributed by atoms with Crippen molar-refractivity contribution >= 4 is 0 Å². The quantitative estimate of drug-likeness (QED) is 0.460. The first-order valence-corrected chi connectivity index (χ1v) is 8.82. The minimum atomic E-state index is 0.449.